The van der Waals surface area contributed by atoms with Crippen molar-refractivity contribution in [2.75, 3.05) is 6.54 Å². The van der Waals surface area contributed by atoms with E-state index in [1.165, 1.54) is 6.92 Å². The van der Waals surface area contributed by atoms with E-state index in [0.717, 1.165) is 17.7 Å². The molecule has 168 valence electrons. The van der Waals surface area contributed by atoms with Crippen molar-refractivity contribution in [3.05, 3.63) is 83.4 Å². The maximum absolute atomic E-state index is 13.4. The van der Waals surface area contributed by atoms with Gasteiger partial charge in [-0.2, -0.15) is 0 Å². The van der Waals surface area contributed by atoms with Crippen LogP contribution in [0.2, 0.25) is 0 Å². The van der Waals surface area contributed by atoms with Gasteiger partial charge in [0.1, 0.15) is 23.7 Å². The summed E-state index contributed by atoms with van der Waals surface area (Å²) >= 11 is 0. The van der Waals surface area contributed by atoms with Gasteiger partial charge in [0.2, 0.25) is 11.8 Å². The molecule has 0 saturated carbocycles. The first-order valence-electron chi connectivity index (χ1n) is 10.0. The Balaban J connectivity index is 1.69. The van der Waals surface area contributed by atoms with E-state index in [1.807, 2.05) is 36.4 Å². The van der Waals surface area contributed by atoms with Crippen molar-refractivity contribution in [3.8, 4) is 0 Å². The summed E-state index contributed by atoms with van der Waals surface area (Å²) in [7, 11) is 0. The van der Waals surface area contributed by atoms with Gasteiger partial charge in [-0.05, 0) is 30.2 Å². The topological polar surface area (TPSA) is 108 Å². The van der Waals surface area contributed by atoms with Gasteiger partial charge in [0.05, 0.1) is 0 Å². The zero-order valence-electron chi connectivity index (χ0n) is 17.2. The van der Waals surface area contributed by atoms with Gasteiger partial charge in [-0.1, -0.05) is 42.5 Å². The Morgan fingerprint density at radius 1 is 1.09 bits per heavy atom. The summed E-state index contributed by atoms with van der Waals surface area (Å²) in [6.45, 7) is 1.69. The summed E-state index contributed by atoms with van der Waals surface area (Å²) in [4.78, 5) is 37.6. The number of aliphatic hydroxyl groups excluding tert-OH is 1. The van der Waals surface area contributed by atoms with Gasteiger partial charge in [-0.3, -0.25) is 14.4 Å². The SMILES string of the molecule is C[C@H](NC(=O)[C@H](O)c1cc(F)cc(F)c1)C(=O)N[C@@H]1C(=O)NCC=C[C@H]1c1ccccc1. The largest absolute Gasteiger partial charge is 0.378 e. The maximum atomic E-state index is 13.4. The van der Waals surface area contributed by atoms with E-state index in [0.29, 0.717) is 12.6 Å². The van der Waals surface area contributed by atoms with E-state index in [9.17, 15) is 28.3 Å². The molecule has 1 heterocycles. The average molecular weight is 443 g/mol. The highest BCUT2D eigenvalue weighted by molar-refractivity contribution is 5.93. The highest BCUT2D eigenvalue weighted by Gasteiger charge is 2.32. The highest BCUT2D eigenvalue weighted by Crippen LogP contribution is 2.23. The number of amides is 3. The van der Waals surface area contributed by atoms with E-state index in [-0.39, 0.29) is 11.5 Å². The Morgan fingerprint density at radius 3 is 2.41 bits per heavy atom. The molecular formula is C23H23F2N3O4. The molecule has 4 atom stereocenters. The molecule has 32 heavy (non-hydrogen) atoms. The quantitative estimate of drug-likeness (QED) is 0.507. The standard InChI is InChI=1S/C23H23F2N3O4/c1-13(27-23(32)20(29)15-10-16(24)12-17(25)11-15)21(30)28-19-18(8-5-9-26-22(19)31)14-6-3-2-4-7-14/h2-8,10-13,18-20,29H,9H2,1H3,(H,26,31)(H,27,32)(H,28,30)/t13-,18-,19-,20+/m0/s1. The molecule has 0 unspecified atom stereocenters. The minimum Gasteiger partial charge on any atom is -0.378 e. The molecule has 0 bridgehead atoms. The van der Waals surface area contributed by atoms with Gasteiger partial charge in [0, 0.05) is 18.5 Å². The van der Waals surface area contributed by atoms with Gasteiger partial charge in [-0.15, -0.1) is 0 Å². The zero-order valence-corrected chi connectivity index (χ0v) is 17.2. The van der Waals surface area contributed by atoms with Crippen molar-refractivity contribution < 1.29 is 28.3 Å². The number of nitrogens with one attached hydrogen (secondary N) is 3. The monoisotopic (exact) mass is 443 g/mol. The van der Waals surface area contributed by atoms with Gasteiger partial charge in [-0.25, -0.2) is 8.78 Å². The molecule has 2 aromatic rings. The molecule has 0 fully saturated rings. The number of carbonyl (C=O) groups is 3. The van der Waals surface area contributed by atoms with Crippen molar-refractivity contribution in [2.45, 2.75) is 31.0 Å². The van der Waals surface area contributed by atoms with Crippen molar-refractivity contribution in [1.29, 1.82) is 0 Å². The fourth-order valence-corrected chi connectivity index (χ4v) is 3.41. The number of aliphatic hydroxyl groups is 1. The number of hydrogen-bond acceptors (Lipinski definition) is 4. The summed E-state index contributed by atoms with van der Waals surface area (Å²) in [6.07, 6.45) is 1.74. The summed E-state index contributed by atoms with van der Waals surface area (Å²) in [5.74, 6) is -4.37. The Bertz CT molecular complexity index is 1010. The lowest BCUT2D eigenvalue weighted by Gasteiger charge is -2.26. The van der Waals surface area contributed by atoms with Crippen LogP contribution in [-0.4, -0.2) is 41.5 Å². The molecule has 9 heteroatoms. The molecule has 0 aliphatic carbocycles. The molecule has 0 aromatic heterocycles. The van der Waals surface area contributed by atoms with Crippen LogP contribution in [0.3, 0.4) is 0 Å². The predicted octanol–water partition coefficient (Wildman–Crippen LogP) is 1.46. The number of rotatable bonds is 6. The zero-order chi connectivity index (χ0) is 23.3. The third-order valence-corrected chi connectivity index (χ3v) is 5.06. The molecule has 3 rings (SSSR count). The fraction of sp³-hybridized carbons (Fsp3) is 0.261. The molecule has 3 amide bonds. The minimum absolute atomic E-state index is 0.287. The summed E-state index contributed by atoms with van der Waals surface area (Å²) in [5, 5.41) is 17.7. The third-order valence-electron chi connectivity index (χ3n) is 5.06. The van der Waals surface area contributed by atoms with Crippen LogP contribution in [0.15, 0.2) is 60.7 Å². The molecule has 7 nitrogen and oxygen atoms in total. The molecule has 4 N–H and O–H groups in total. The van der Waals surface area contributed by atoms with Gasteiger partial charge in [0.15, 0.2) is 6.10 Å². The fourth-order valence-electron chi connectivity index (χ4n) is 3.41. The van der Waals surface area contributed by atoms with Crippen molar-refractivity contribution in [2.24, 2.45) is 0 Å². The summed E-state index contributed by atoms with van der Waals surface area (Å²) < 4.78 is 26.7. The van der Waals surface area contributed by atoms with Gasteiger partial charge < -0.3 is 21.1 Å². The third kappa shape index (κ3) is 5.55. The van der Waals surface area contributed by atoms with Crippen LogP contribution in [0, 0.1) is 11.6 Å². The number of halogens is 2. The molecule has 1 aliphatic heterocycles. The molecule has 2 aromatic carbocycles. The summed E-state index contributed by atoms with van der Waals surface area (Å²) in [5.41, 5.74) is 0.538. The van der Waals surface area contributed by atoms with Crippen LogP contribution >= 0.6 is 0 Å². The lowest BCUT2D eigenvalue weighted by molar-refractivity contribution is -0.135. The number of carbonyl (C=O) groups excluding carboxylic acids is 3. The first-order chi connectivity index (χ1) is 15.3. The molecule has 0 radical (unpaired) electrons. The van der Waals surface area contributed by atoms with Crippen LogP contribution in [0.1, 0.15) is 30.1 Å². The Morgan fingerprint density at radius 2 is 1.75 bits per heavy atom. The maximum Gasteiger partial charge on any atom is 0.254 e. The predicted molar refractivity (Wildman–Crippen MR) is 112 cm³/mol. The number of hydrogen-bond donors (Lipinski definition) is 4. The second-order valence-electron chi connectivity index (χ2n) is 7.43. The second kappa shape index (κ2) is 10.1. The van der Waals surface area contributed by atoms with Crippen LogP contribution in [0.4, 0.5) is 8.78 Å². The van der Waals surface area contributed by atoms with E-state index >= 15 is 0 Å². The van der Waals surface area contributed by atoms with Crippen molar-refractivity contribution >= 4 is 17.7 Å². The number of benzene rings is 2. The lowest BCUT2D eigenvalue weighted by atomic mass is 9.90. The van der Waals surface area contributed by atoms with E-state index < -0.39 is 47.6 Å². The minimum atomic E-state index is -1.88. The lowest BCUT2D eigenvalue weighted by Crippen LogP contribution is -2.54. The highest BCUT2D eigenvalue weighted by atomic mass is 19.1. The van der Waals surface area contributed by atoms with Crippen LogP contribution in [-0.2, 0) is 14.4 Å². The first-order valence-corrected chi connectivity index (χ1v) is 10.0. The smallest absolute Gasteiger partial charge is 0.254 e. The van der Waals surface area contributed by atoms with Crippen LogP contribution in [0.5, 0.6) is 0 Å². The Labute approximate surface area is 183 Å². The second-order valence-corrected chi connectivity index (χ2v) is 7.43. The van der Waals surface area contributed by atoms with Gasteiger partial charge in [0.25, 0.3) is 5.91 Å². The van der Waals surface area contributed by atoms with E-state index in [2.05, 4.69) is 16.0 Å². The molecule has 1 aliphatic rings. The van der Waals surface area contributed by atoms with Crippen LogP contribution < -0.4 is 16.0 Å². The first kappa shape index (κ1) is 23.1. The van der Waals surface area contributed by atoms with Crippen molar-refractivity contribution in [3.63, 3.8) is 0 Å². The van der Waals surface area contributed by atoms with E-state index in [1.54, 1.807) is 6.08 Å². The van der Waals surface area contributed by atoms with E-state index in [4.69, 9.17) is 0 Å². The van der Waals surface area contributed by atoms with Gasteiger partial charge >= 0.3 is 0 Å². The molecular weight excluding hydrogens is 420 g/mol. The summed E-state index contributed by atoms with van der Waals surface area (Å²) in [6, 6.07) is 9.37. The normalized spacial score (nSPS) is 19.9. The molecule has 0 saturated heterocycles. The average Bonchev–Trinajstić information content (AvgIpc) is 2.94. The Hall–Kier alpha value is -3.59. The molecule has 0 spiro atoms. The van der Waals surface area contributed by atoms with Crippen LogP contribution in [0.25, 0.3) is 0 Å². The Kier molecular flexibility index (Phi) is 7.32. The van der Waals surface area contributed by atoms with Crippen molar-refractivity contribution in [1.82, 2.24) is 16.0 Å².